The molecule has 8 rings (SSSR count). The molecule has 0 saturated carbocycles. The zero-order valence-corrected chi connectivity index (χ0v) is 44.3. The number of ether oxygens (including phenoxy) is 4. The number of hydrogen-bond donors (Lipinski definition) is 11. The van der Waals surface area contributed by atoms with Crippen LogP contribution in [0.3, 0.4) is 0 Å². The number of nitrogens with zero attached hydrogens (tertiary/aromatic N) is 8. The van der Waals surface area contributed by atoms with Gasteiger partial charge in [0.15, 0.2) is 23.9 Å². The molecular formula is C36H51N13O25P4. The van der Waals surface area contributed by atoms with Crippen LogP contribution in [0, 0.1) is 11.8 Å². The zero-order chi connectivity index (χ0) is 57.0. The highest BCUT2D eigenvalue weighted by atomic mass is 31.3. The summed E-state index contributed by atoms with van der Waals surface area (Å²) in [4.78, 5) is 115. The number of aromatic amines is 2. The Morgan fingerprint density at radius 3 is 2.10 bits per heavy atom. The van der Waals surface area contributed by atoms with Crippen LogP contribution < -0.4 is 43.1 Å². The lowest BCUT2D eigenvalue weighted by Gasteiger charge is -2.31. The van der Waals surface area contributed by atoms with E-state index in [1.165, 1.54) is 27.1 Å². The lowest BCUT2D eigenvalue weighted by molar-refractivity contribution is -0.646. The number of amides is 1. The Morgan fingerprint density at radius 2 is 1.45 bits per heavy atom. The number of aliphatic hydroxyl groups is 3. The molecule has 5 aromatic rings. The minimum Gasteiger partial charge on any atom is -0.756 e. The van der Waals surface area contributed by atoms with Crippen LogP contribution in [0.2, 0.25) is 0 Å². The molecule has 0 bridgehead atoms. The van der Waals surface area contributed by atoms with Crippen molar-refractivity contribution in [3.63, 3.8) is 0 Å². The topological polar surface area (TPSA) is 539 Å². The lowest BCUT2D eigenvalue weighted by Crippen LogP contribution is -2.40. The van der Waals surface area contributed by atoms with E-state index < -0.39 is 153 Å². The number of imidazole rings is 2. The van der Waals surface area contributed by atoms with E-state index in [0.29, 0.717) is 4.57 Å². The van der Waals surface area contributed by atoms with Crippen LogP contribution in [0.1, 0.15) is 32.5 Å². The fourth-order valence-electron chi connectivity index (χ4n) is 8.54. The average molecular weight is 1190 g/mol. The highest BCUT2D eigenvalue weighted by Gasteiger charge is 2.53. The van der Waals surface area contributed by atoms with Crippen LogP contribution in [-0.2, 0) is 75.8 Å². The predicted molar refractivity (Wildman–Crippen MR) is 251 cm³/mol. The van der Waals surface area contributed by atoms with Gasteiger partial charge in [-0.1, -0.05) is 13.8 Å². The number of hydrogen-bond acceptors (Lipinski definition) is 28. The van der Waals surface area contributed by atoms with Gasteiger partial charge in [-0.2, -0.15) is 18.2 Å². The van der Waals surface area contributed by atoms with Gasteiger partial charge in [-0.05, 0) is 0 Å². The second kappa shape index (κ2) is 22.8. The van der Waals surface area contributed by atoms with Crippen LogP contribution in [0.5, 0.6) is 0 Å². The Balaban J connectivity index is 0.950. The van der Waals surface area contributed by atoms with E-state index in [1.54, 1.807) is 13.8 Å². The number of nitrogen functional groups attached to an aromatic ring is 2. The summed E-state index contributed by atoms with van der Waals surface area (Å²) >= 11 is 0. The van der Waals surface area contributed by atoms with Crippen molar-refractivity contribution >= 4 is 71.3 Å². The normalized spacial score (nSPS) is 29.6. The summed E-state index contributed by atoms with van der Waals surface area (Å²) in [6.45, 7) is -0.624. The van der Waals surface area contributed by atoms with Gasteiger partial charge in [-0.25, -0.2) is 38.0 Å². The number of nitrogens with one attached hydrogen (secondary N) is 3. The van der Waals surface area contributed by atoms with Crippen LogP contribution in [0.15, 0.2) is 45.6 Å². The van der Waals surface area contributed by atoms with E-state index in [9.17, 15) is 72.3 Å². The number of phosphoric acid groups is 4. The molecule has 0 spiro atoms. The number of methoxy groups -OCH3 is 1. The minimum atomic E-state index is -6.24. The number of H-pyrrole nitrogens is 2. The van der Waals surface area contributed by atoms with Crippen molar-refractivity contribution in [1.29, 1.82) is 0 Å². The number of phosphoric ester groups is 3. The largest absolute Gasteiger partial charge is 0.756 e. The Kier molecular flexibility index (Phi) is 17.2. The monoisotopic (exact) mass is 1190 g/mol. The summed E-state index contributed by atoms with van der Waals surface area (Å²) in [6, 6.07) is 0.911. The van der Waals surface area contributed by atoms with Crippen molar-refractivity contribution in [2.24, 2.45) is 18.9 Å². The van der Waals surface area contributed by atoms with Crippen LogP contribution in [-0.4, -0.2) is 162 Å². The molecule has 0 radical (unpaired) electrons. The van der Waals surface area contributed by atoms with Crippen molar-refractivity contribution in [1.82, 2.24) is 48.9 Å². The second-order valence-corrected chi connectivity index (χ2v) is 23.8. The Hall–Kier alpha value is -5.11. The molecule has 3 aliphatic heterocycles. The van der Waals surface area contributed by atoms with Gasteiger partial charge in [0.25, 0.3) is 24.5 Å². The van der Waals surface area contributed by atoms with Gasteiger partial charge in [0.2, 0.25) is 24.4 Å². The zero-order valence-electron chi connectivity index (χ0n) is 40.7. The number of rotatable bonds is 22. The average Bonchev–Trinajstić information content (AvgIpc) is 4.17. The molecule has 5 aromatic heterocycles. The summed E-state index contributed by atoms with van der Waals surface area (Å²) in [5.41, 5.74) is 9.12. The first-order chi connectivity index (χ1) is 36.5. The van der Waals surface area contributed by atoms with Crippen molar-refractivity contribution in [3.8, 4) is 0 Å². The molecule has 430 valence electrons. The third kappa shape index (κ3) is 12.7. The van der Waals surface area contributed by atoms with Crippen molar-refractivity contribution in [2.45, 2.75) is 81.4 Å². The van der Waals surface area contributed by atoms with E-state index >= 15 is 0 Å². The third-order valence-corrected chi connectivity index (χ3v) is 17.4. The Bertz CT molecular complexity index is 3430. The summed E-state index contributed by atoms with van der Waals surface area (Å²) in [5.74, 6) is -2.59. The van der Waals surface area contributed by atoms with E-state index in [0.717, 1.165) is 32.0 Å². The van der Waals surface area contributed by atoms with E-state index in [1.807, 2.05) is 4.98 Å². The summed E-state index contributed by atoms with van der Waals surface area (Å²) in [5, 5.41) is 35.3. The molecule has 4 unspecified atom stereocenters. The Morgan fingerprint density at radius 1 is 0.821 bits per heavy atom. The molecular weight excluding hydrogens is 1140 g/mol. The first kappa shape index (κ1) is 59.0. The predicted octanol–water partition coefficient (Wildman–Crippen LogP) is -4.48. The number of nitrogens with two attached hydrogens (primary N) is 2. The number of aromatic nitrogens is 10. The highest BCUT2D eigenvalue weighted by Crippen LogP contribution is 2.68. The number of aryl methyl sites for hydroxylation is 1. The fraction of sp³-hybridized carbons (Fsp3) is 0.583. The maximum Gasteiger partial charge on any atom is 0.490 e. The van der Waals surface area contributed by atoms with E-state index in [4.69, 9.17) is 48.5 Å². The van der Waals surface area contributed by atoms with Gasteiger partial charge in [-0.15, -0.1) is 0 Å². The number of fused-ring (bicyclic) bond motifs is 2. The van der Waals surface area contributed by atoms with Gasteiger partial charge in [0, 0.05) is 37.8 Å². The number of aliphatic hydroxyl groups excluding tert-OH is 3. The molecule has 78 heavy (non-hydrogen) atoms. The molecule has 8 heterocycles. The Labute approximate surface area is 435 Å². The van der Waals surface area contributed by atoms with E-state index in [2.05, 4.69) is 38.9 Å². The second-order valence-electron chi connectivity index (χ2n) is 17.8. The molecule has 0 aliphatic carbocycles. The molecule has 1 amide bonds. The maximum atomic E-state index is 13.5. The number of carbonyl (C=O) groups excluding carboxylic acids is 1. The van der Waals surface area contributed by atoms with E-state index in [-0.39, 0.29) is 40.6 Å². The van der Waals surface area contributed by atoms with Crippen LogP contribution in [0.25, 0.3) is 22.3 Å². The quantitative estimate of drug-likeness (QED) is 0.0230. The van der Waals surface area contributed by atoms with Crippen LogP contribution in [0.4, 0.5) is 11.8 Å². The van der Waals surface area contributed by atoms with Gasteiger partial charge >= 0.3 is 34.7 Å². The fourth-order valence-corrected chi connectivity index (χ4v) is 13.0. The summed E-state index contributed by atoms with van der Waals surface area (Å²) in [6.07, 6.45) is -14.1. The first-order valence-corrected chi connectivity index (χ1v) is 28.6. The molecule has 42 heteroatoms. The third-order valence-electron chi connectivity index (χ3n) is 12.2. The standard InChI is InChI=1S/C36H51N13O25P4/c1-14(2)30(54)39-7-15-16(69-32(22(15)51)49-13-46(3)21-29(49)44-35(38)45-31(21)55)8-67-76(59,60)73-78(63,64)74-77(61,62)68-10-18-25(26(65-4)34(71-18)48-12-42-20-27(37)40-11-41-28(20)48)72-75(57,58)66-9-17-23(52)24(53)33(70-17)47-6-5-19(50)43-36(47)56/h5-6,11-18,22-26,32-34,51-53H,7-10H2,1-4H3,(H10-,37,38,39,40,41,43,44,45,50,54,55,56,57,58,59,60,61,62,63,64)/t15-,16-,17-,18-,22-,23-,24-,25-,26-,32-,33-,34-/m1/s1. The van der Waals surface area contributed by atoms with Crippen molar-refractivity contribution < 1.29 is 108 Å². The molecule has 13 N–H and O–H groups in total. The molecule has 3 saturated heterocycles. The molecule has 38 nitrogen and oxygen atoms in total. The SMILES string of the molecule is CO[C@@H]1[C@H](OP(=O)([O-])OC[C@H]2O[C@@H](n3ccc(=O)[nH]c3=O)[C@H](O)[C@@H]2O)[C@@H](COP(=O)(O)OP(=O)(O)OP(=O)(O)OC[C@H]2O[C@@H](n3c[n+](C)c4c(=O)[nH]c(N)nc43)[C@H](O)[C@@H]2CNC(=O)C(C)C)O[C@H]1n1cnc2c(N)ncnc21. The summed E-state index contributed by atoms with van der Waals surface area (Å²) < 4.78 is 109. The van der Waals surface area contributed by atoms with Gasteiger partial charge in [-0.3, -0.25) is 47.1 Å². The smallest absolute Gasteiger partial charge is 0.490 e. The van der Waals surface area contributed by atoms with Gasteiger partial charge < -0.3 is 79.7 Å². The molecule has 16 atom stereocenters. The summed E-state index contributed by atoms with van der Waals surface area (Å²) in [7, 11) is -21.3. The number of anilines is 2. The van der Waals surface area contributed by atoms with Gasteiger partial charge in [0.1, 0.15) is 54.6 Å². The molecule has 0 aromatic carbocycles. The first-order valence-electron chi connectivity index (χ1n) is 22.6. The molecule has 3 fully saturated rings. The van der Waals surface area contributed by atoms with Crippen molar-refractivity contribution in [3.05, 3.63) is 62.4 Å². The number of carbonyl (C=O) groups is 1. The highest BCUT2D eigenvalue weighted by molar-refractivity contribution is 7.66. The van der Waals surface area contributed by atoms with Gasteiger partial charge in [0.05, 0.1) is 39.3 Å². The maximum absolute atomic E-state index is 13.5. The minimum absolute atomic E-state index is 0.00483. The molecule has 3 aliphatic rings. The lowest BCUT2D eigenvalue weighted by atomic mass is 9.98. The van der Waals surface area contributed by atoms with Crippen LogP contribution >= 0.6 is 31.3 Å². The van der Waals surface area contributed by atoms with Crippen molar-refractivity contribution in [2.75, 3.05) is 44.9 Å².